The summed E-state index contributed by atoms with van der Waals surface area (Å²) in [6.45, 7) is 4.69. The molecule has 0 spiro atoms. The number of nitrogens with zero attached hydrogens (tertiary/aromatic N) is 1. The van der Waals surface area contributed by atoms with Gasteiger partial charge in [-0.25, -0.2) is 9.18 Å². The zero-order valence-electron chi connectivity index (χ0n) is 12.8. The van der Waals surface area contributed by atoms with Crippen LogP contribution >= 0.6 is 0 Å². The predicted octanol–water partition coefficient (Wildman–Crippen LogP) is 2.00. The Bertz CT molecular complexity index is 536. The third-order valence-corrected chi connectivity index (χ3v) is 3.71. The Morgan fingerprint density at radius 2 is 2.09 bits per heavy atom. The third-order valence-electron chi connectivity index (χ3n) is 3.71. The van der Waals surface area contributed by atoms with Crippen LogP contribution < -0.4 is 10.6 Å². The molecule has 1 heterocycles. The van der Waals surface area contributed by atoms with Gasteiger partial charge in [0, 0.05) is 31.7 Å². The molecule has 1 unspecified atom stereocenters. The zero-order chi connectivity index (χ0) is 15.9. The second kappa shape index (κ2) is 7.77. The van der Waals surface area contributed by atoms with Gasteiger partial charge >= 0.3 is 6.03 Å². The van der Waals surface area contributed by atoms with Gasteiger partial charge in [0.25, 0.3) is 5.91 Å². The molecular formula is C16H22FN3O2. The fourth-order valence-electron chi connectivity index (χ4n) is 2.45. The molecule has 120 valence electrons. The molecule has 1 aliphatic rings. The number of amides is 3. The lowest BCUT2D eigenvalue weighted by molar-refractivity contribution is 0.0953. The molecule has 3 amide bonds. The number of nitrogens with one attached hydrogen (secondary N) is 2. The van der Waals surface area contributed by atoms with Crippen LogP contribution in [0.25, 0.3) is 0 Å². The monoisotopic (exact) mass is 307 g/mol. The largest absolute Gasteiger partial charge is 0.352 e. The van der Waals surface area contributed by atoms with Crippen molar-refractivity contribution in [2.24, 2.45) is 5.92 Å². The minimum absolute atomic E-state index is 0.0409. The van der Waals surface area contributed by atoms with Crippen molar-refractivity contribution in [3.8, 4) is 0 Å². The second-order valence-electron chi connectivity index (χ2n) is 5.69. The van der Waals surface area contributed by atoms with E-state index in [0.717, 1.165) is 19.5 Å². The minimum atomic E-state index is -0.431. The van der Waals surface area contributed by atoms with Crippen LogP contribution in [0.3, 0.4) is 0 Å². The summed E-state index contributed by atoms with van der Waals surface area (Å²) in [4.78, 5) is 25.4. The van der Waals surface area contributed by atoms with E-state index in [1.54, 1.807) is 6.07 Å². The first-order valence-corrected chi connectivity index (χ1v) is 7.63. The topological polar surface area (TPSA) is 61.4 Å². The van der Waals surface area contributed by atoms with Crippen molar-refractivity contribution in [3.05, 3.63) is 35.6 Å². The molecule has 2 N–H and O–H groups in total. The van der Waals surface area contributed by atoms with E-state index in [0.29, 0.717) is 31.0 Å². The number of halogens is 1. The van der Waals surface area contributed by atoms with Crippen LogP contribution in [0.5, 0.6) is 0 Å². The fraction of sp³-hybridized carbons (Fsp3) is 0.500. The molecule has 6 heteroatoms. The second-order valence-corrected chi connectivity index (χ2v) is 5.69. The lowest BCUT2D eigenvalue weighted by Crippen LogP contribution is -2.39. The first-order valence-electron chi connectivity index (χ1n) is 7.63. The predicted molar refractivity (Wildman–Crippen MR) is 82.1 cm³/mol. The summed E-state index contributed by atoms with van der Waals surface area (Å²) in [5, 5.41) is 5.55. The number of carbonyl (C=O) groups is 2. The van der Waals surface area contributed by atoms with Gasteiger partial charge < -0.3 is 15.5 Å². The highest BCUT2D eigenvalue weighted by Gasteiger charge is 2.22. The van der Waals surface area contributed by atoms with Crippen LogP contribution in [0.1, 0.15) is 30.1 Å². The molecule has 1 aromatic carbocycles. The molecule has 0 aliphatic carbocycles. The number of rotatable bonds is 5. The van der Waals surface area contributed by atoms with Gasteiger partial charge in [-0.3, -0.25) is 4.79 Å². The van der Waals surface area contributed by atoms with Crippen LogP contribution in [-0.4, -0.2) is 43.0 Å². The molecule has 1 fully saturated rings. The Labute approximate surface area is 129 Å². The van der Waals surface area contributed by atoms with E-state index >= 15 is 0 Å². The first kappa shape index (κ1) is 16.3. The molecule has 22 heavy (non-hydrogen) atoms. The average molecular weight is 307 g/mol. The third kappa shape index (κ3) is 4.72. The Morgan fingerprint density at radius 1 is 1.32 bits per heavy atom. The van der Waals surface area contributed by atoms with Crippen LogP contribution in [0.15, 0.2) is 24.3 Å². The molecule has 5 nitrogen and oxygen atoms in total. The van der Waals surface area contributed by atoms with Crippen molar-refractivity contribution in [1.82, 2.24) is 15.5 Å². The standard InChI is InChI=1S/C16H22FN3O2/c1-12-6-9-20(11-12)16(22)19-8-3-7-18-15(21)13-4-2-5-14(17)10-13/h2,4-5,10,12H,3,6-9,11H2,1H3,(H,18,21)(H,19,22). The zero-order valence-corrected chi connectivity index (χ0v) is 12.8. The van der Waals surface area contributed by atoms with Crippen molar-refractivity contribution in [2.45, 2.75) is 19.8 Å². The number of likely N-dealkylation sites (tertiary alicyclic amines) is 1. The van der Waals surface area contributed by atoms with Crippen LogP contribution in [-0.2, 0) is 0 Å². The Balaban J connectivity index is 1.61. The van der Waals surface area contributed by atoms with Crippen molar-refractivity contribution < 1.29 is 14.0 Å². The maximum atomic E-state index is 13.0. The summed E-state index contributed by atoms with van der Waals surface area (Å²) in [6, 6.07) is 5.52. The molecule has 0 bridgehead atoms. The number of hydrogen-bond donors (Lipinski definition) is 2. The van der Waals surface area contributed by atoms with E-state index in [1.165, 1.54) is 18.2 Å². The van der Waals surface area contributed by atoms with Gasteiger partial charge in [-0.15, -0.1) is 0 Å². The lowest BCUT2D eigenvalue weighted by atomic mass is 10.2. The van der Waals surface area contributed by atoms with E-state index in [1.807, 2.05) is 4.90 Å². The van der Waals surface area contributed by atoms with Gasteiger partial charge in [-0.05, 0) is 37.0 Å². The number of carbonyl (C=O) groups excluding carboxylic acids is 2. The van der Waals surface area contributed by atoms with E-state index in [-0.39, 0.29) is 11.9 Å². The van der Waals surface area contributed by atoms with Crippen LogP contribution in [0.2, 0.25) is 0 Å². The van der Waals surface area contributed by atoms with Crippen molar-refractivity contribution >= 4 is 11.9 Å². The molecule has 0 aromatic heterocycles. The summed E-state index contributed by atoms with van der Waals surface area (Å²) in [5.74, 6) is -0.171. The van der Waals surface area contributed by atoms with Gasteiger partial charge in [0.2, 0.25) is 0 Å². The maximum absolute atomic E-state index is 13.0. The number of benzene rings is 1. The van der Waals surface area contributed by atoms with Crippen LogP contribution in [0.4, 0.5) is 9.18 Å². The molecule has 1 aromatic rings. The molecule has 1 atom stereocenters. The van der Waals surface area contributed by atoms with E-state index in [2.05, 4.69) is 17.6 Å². The lowest BCUT2D eigenvalue weighted by Gasteiger charge is -2.16. The summed E-state index contributed by atoms with van der Waals surface area (Å²) >= 11 is 0. The Morgan fingerprint density at radius 3 is 2.77 bits per heavy atom. The number of hydrogen-bond acceptors (Lipinski definition) is 2. The normalized spacial score (nSPS) is 17.4. The van der Waals surface area contributed by atoms with Crippen molar-refractivity contribution in [1.29, 1.82) is 0 Å². The summed E-state index contributed by atoms with van der Waals surface area (Å²) in [7, 11) is 0. The van der Waals surface area contributed by atoms with Crippen molar-refractivity contribution in [2.75, 3.05) is 26.2 Å². The number of urea groups is 1. The summed E-state index contributed by atoms with van der Waals surface area (Å²) in [6.07, 6.45) is 1.69. The quantitative estimate of drug-likeness (QED) is 0.817. The fourth-order valence-corrected chi connectivity index (χ4v) is 2.45. The molecule has 2 rings (SSSR count). The minimum Gasteiger partial charge on any atom is -0.352 e. The van der Waals surface area contributed by atoms with Crippen molar-refractivity contribution in [3.63, 3.8) is 0 Å². The summed E-state index contributed by atoms with van der Waals surface area (Å²) < 4.78 is 13.0. The molecule has 1 aliphatic heterocycles. The van der Waals surface area contributed by atoms with Gasteiger partial charge in [0.05, 0.1) is 0 Å². The Kier molecular flexibility index (Phi) is 5.75. The average Bonchev–Trinajstić information content (AvgIpc) is 2.93. The SMILES string of the molecule is CC1CCN(C(=O)NCCCNC(=O)c2cccc(F)c2)C1. The Hall–Kier alpha value is -2.11. The highest BCUT2D eigenvalue weighted by Crippen LogP contribution is 2.14. The smallest absolute Gasteiger partial charge is 0.317 e. The van der Waals surface area contributed by atoms with Crippen LogP contribution in [0, 0.1) is 11.7 Å². The first-order chi connectivity index (χ1) is 10.6. The van der Waals surface area contributed by atoms with E-state index in [9.17, 15) is 14.0 Å². The van der Waals surface area contributed by atoms with E-state index in [4.69, 9.17) is 0 Å². The molecular weight excluding hydrogens is 285 g/mol. The molecule has 0 radical (unpaired) electrons. The highest BCUT2D eigenvalue weighted by molar-refractivity contribution is 5.94. The summed E-state index contributed by atoms with van der Waals surface area (Å²) in [5.41, 5.74) is 0.301. The van der Waals surface area contributed by atoms with Gasteiger partial charge in [0.15, 0.2) is 0 Å². The van der Waals surface area contributed by atoms with E-state index < -0.39 is 5.82 Å². The van der Waals surface area contributed by atoms with Gasteiger partial charge in [0.1, 0.15) is 5.82 Å². The molecule has 0 saturated carbocycles. The van der Waals surface area contributed by atoms with Gasteiger partial charge in [-0.2, -0.15) is 0 Å². The van der Waals surface area contributed by atoms with Gasteiger partial charge in [-0.1, -0.05) is 13.0 Å². The highest BCUT2D eigenvalue weighted by atomic mass is 19.1. The maximum Gasteiger partial charge on any atom is 0.317 e. The molecule has 1 saturated heterocycles.